The standard InChI is InChI=1S/C17H20FN3O2S/c1-2-3-4-11-19-17(24)21-20-16(22)15-10-9-14(23-15)12-5-7-13(18)8-6-12/h5-10H,2-4,11H2,1H3,(H,20,22)(H2,19,21,24). The van der Waals surface area contributed by atoms with Crippen LogP contribution in [0.1, 0.15) is 36.7 Å². The fourth-order valence-corrected chi connectivity index (χ4v) is 2.18. The van der Waals surface area contributed by atoms with E-state index in [1.807, 2.05) is 0 Å². The highest BCUT2D eigenvalue weighted by Gasteiger charge is 2.12. The highest BCUT2D eigenvalue weighted by Crippen LogP contribution is 2.22. The molecule has 0 fully saturated rings. The molecule has 1 heterocycles. The molecule has 0 spiro atoms. The van der Waals surface area contributed by atoms with Crippen LogP contribution in [0.25, 0.3) is 11.3 Å². The fourth-order valence-electron chi connectivity index (χ4n) is 2.03. The lowest BCUT2D eigenvalue weighted by atomic mass is 10.2. The van der Waals surface area contributed by atoms with Crippen molar-refractivity contribution in [3.05, 3.63) is 48.0 Å². The van der Waals surface area contributed by atoms with Gasteiger partial charge in [0.2, 0.25) is 0 Å². The summed E-state index contributed by atoms with van der Waals surface area (Å²) in [5.41, 5.74) is 5.78. The average Bonchev–Trinajstić information content (AvgIpc) is 3.07. The first-order valence-electron chi connectivity index (χ1n) is 7.80. The fraction of sp³-hybridized carbons (Fsp3) is 0.294. The number of amides is 1. The van der Waals surface area contributed by atoms with Gasteiger partial charge in [-0.05, 0) is 55.0 Å². The SMILES string of the molecule is CCCCCNC(=S)NNC(=O)c1ccc(-c2ccc(F)cc2)o1. The number of hydrogen-bond acceptors (Lipinski definition) is 3. The van der Waals surface area contributed by atoms with Gasteiger partial charge in [-0.2, -0.15) is 0 Å². The Hall–Kier alpha value is -2.41. The summed E-state index contributed by atoms with van der Waals surface area (Å²) in [7, 11) is 0. The molecule has 0 radical (unpaired) electrons. The van der Waals surface area contributed by atoms with Crippen molar-refractivity contribution in [1.29, 1.82) is 0 Å². The first kappa shape index (κ1) is 17.9. The zero-order chi connectivity index (χ0) is 17.4. The van der Waals surface area contributed by atoms with Crippen LogP contribution in [0.4, 0.5) is 4.39 Å². The van der Waals surface area contributed by atoms with Crippen LogP contribution < -0.4 is 16.2 Å². The third-order valence-electron chi connectivity index (χ3n) is 3.31. The van der Waals surface area contributed by atoms with Gasteiger partial charge in [-0.1, -0.05) is 19.8 Å². The van der Waals surface area contributed by atoms with Crippen molar-refractivity contribution in [2.75, 3.05) is 6.54 Å². The van der Waals surface area contributed by atoms with E-state index in [9.17, 15) is 9.18 Å². The molecule has 1 aromatic heterocycles. The number of furan rings is 1. The number of thiocarbonyl (C=S) groups is 1. The molecule has 0 bridgehead atoms. The van der Waals surface area contributed by atoms with Crippen LogP contribution in [-0.2, 0) is 0 Å². The molecule has 2 rings (SSSR count). The van der Waals surface area contributed by atoms with Crippen LogP contribution in [-0.4, -0.2) is 17.6 Å². The van der Waals surface area contributed by atoms with Crippen LogP contribution in [0.15, 0.2) is 40.8 Å². The number of hydrogen-bond donors (Lipinski definition) is 3. The van der Waals surface area contributed by atoms with Crippen molar-refractivity contribution >= 4 is 23.2 Å². The summed E-state index contributed by atoms with van der Waals surface area (Å²) < 4.78 is 18.4. The quantitative estimate of drug-likeness (QED) is 0.424. The molecule has 3 N–H and O–H groups in total. The van der Waals surface area contributed by atoms with E-state index >= 15 is 0 Å². The molecule has 0 aliphatic rings. The Labute approximate surface area is 145 Å². The molecule has 0 saturated heterocycles. The van der Waals surface area contributed by atoms with Crippen molar-refractivity contribution < 1.29 is 13.6 Å². The molecule has 0 aliphatic carbocycles. The number of unbranched alkanes of at least 4 members (excludes halogenated alkanes) is 2. The monoisotopic (exact) mass is 349 g/mol. The van der Waals surface area contributed by atoms with Gasteiger partial charge in [0.25, 0.3) is 0 Å². The van der Waals surface area contributed by atoms with E-state index in [4.69, 9.17) is 16.6 Å². The first-order chi connectivity index (χ1) is 11.6. The van der Waals surface area contributed by atoms with E-state index in [2.05, 4.69) is 23.1 Å². The Kier molecular flexibility index (Phi) is 6.74. The van der Waals surface area contributed by atoms with E-state index in [0.29, 0.717) is 16.4 Å². The van der Waals surface area contributed by atoms with Gasteiger partial charge in [0.15, 0.2) is 10.9 Å². The van der Waals surface area contributed by atoms with Crippen LogP contribution in [0.3, 0.4) is 0 Å². The molecule has 1 aromatic carbocycles. The van der Waals surface area contributed by atoms with Gasteiger partial charge in [-0.15, -0.1) is 0 Å². The van der Waals surface area contributed by atoms with Crippen LogP contribution in [0, 0.1) is 5.82 Å². The maximum absolute atomic E-state index is 12.9. The summed E-state index contributed by atoms with van der Waals surface area (Å²) in [6.07, 6.45) is 3.28. The summed E-state index contributed by atoms with van der Waals surface area (Å²) in [6, 6.07) is 9.05. The number of halogens is 1. The third kappa shape index (κ3) is 5.34. The lowest BCUT2D eigenvalue weighted by Gasteiger charge is -2.10. The Balaban J connectivity index is 1.83. The molecule has 24 heavy (non-hydrogen) atoms. The van der Waals surface area contributed by atoms with Gasteiger partial charge in [0.05, 0.1) is 0 Å². The predicted molar refractivity (Wildman–Crippen MR) is 94.8 cm³/mol. The van der Waals surface area contributed by atoms with Gasteiger partial charge in [0.1, 0.15) is 11.6 Å². The minimum Gasteiger partial charge on any atom is -0.451 e. The minimum absolute atomic E-state index is 0.135. The molecular weight excluding hydrogens is 329 g/mol. The molecule has 7 heteroatoms. The molecule has 0 saturated carbocycles. The highest BCUT2D eigenvalue weighted by molar-refractivity contribution is 7.80. The smallest absolute Gasteiger partial charge is 0.305 e. The molecule has 0 unspecified atom stereocenters. The van der Waals surface area contributed by atoms with Gasteiger partial charge < -0.3 is 9.73 Å². The summed E-state index contributed by atoms with van der Waals surface area (Å²) in [6.45, 7) is 2.88. The van der Waals surface area contributed by atoms with E-state index in [-0.39, 0.29) is 11.6 Å². The zero-order valence-corrected chi connectivity index (χ0v) is 14.2. The number of carbonyl (C=O) groups is 1. The largest absolute Gasteiger partial charge is 0.451 e. The second-order valence-corrected chi connectivity index (χ2v) is 5.62. The molecule has 0 atom stereocenters. The van der Waals surface area contributed by atoms with Gasteiger partial charge in [-0.3, -0.25) is 15.6 Å². The predicted octanol–water partition coefficient (Wildman–Crippen LogP) is 3.38. The van der Waals surface area contributed by atoms with Crippen molar-refractivity contribution in [1.82, 2.24) is 16.2 Å². The molecule has 1 amide bonds. The summed E-state index contributed by atoms with van der Waals surface area (Å²) in [5, 5.41) is 3.35. The van der Waals surface area contributed by atoms with E-state index < -0.39 is 5.91 Å². The Morgan fingerprint density at radius 2 is 1.88 bits per heavy atom. The minimum atomic E-state index is -0.443. The van der Waals surface area contributed by atoms with Crippen molar-refractivity contribution in [3.8, 4) is 11.3 Å². The van der Waals surface area contributed by atoms with Crippen LogP contribution in [0.5, 0.6) is 0 Å². The summed E-state index contributed by atoms with van der Waals surface area (Å²) in [5.74, 6) is -0.149. The topological polar surface area (TPSA) is 66.3 Å². The van der Waals surface area contributed by atoms with Crippen LogP contribution >= 0.6 is 12.2 Å². The van der Waals surface area contributed by atoms with Crippen molar-refractivity contribution in [3.63, 3.8) is 0 Å². The number of rotatable bonds is 6. The molecular formula is C17H20FN3O2S. The van der Waals surface area contributed by atoms with Crippen molar-refractivity contribution in [2.24, 2.45) is 0 Å². The summed E-state index contributed by atoms with van der Waals surface area (Å²) >= 11 is 5.06. The van der Waals surface area contributed by atoms with Gasteiger partial charge in [-0.25, -0.2) is 4.39 Å². The van der Waals surface area contributed by atoms with E-state index in [0.717, 1.165) is 25.8 Å². The highest BCUT2D eigenvalue weighted by atomic mass is 32.1. The molecule has 0 aliphatic heterocycles. The van der Waals surface area contributed by atoms with Gasteiger partial charge in [0, 0.05) is 12.1 Å². The lowest BCUT2D eigenvalue weighted by Crippen LogP contribution is -2.46. The second-order valence-electron chi connectivity index (χ2n) is 5.21. The maximum Gasteiger partial charge on any atom is 0.305 e. The molecule has 2 aromatic rings. The van der Waals surface area contributed by atoms with Crippen LogP contribution in [0.2, 0.25) is 0 Å². The number of benzene rings is 1. The second kappa shape index (κ2) is 9.02. The number of carbonyl (C=O) groups excluding carboxylic acids is 1. The normalized spacial score (nSPS) is 10.2. The average molecular weight is 349 g/mol. The molecule has 128 valence electrons. The van der Waals surface area contributed by atoms with E-state index in [1.54, 1.807) is 24.3 Å². The van der Waals surface area contributed by atoms with Crippen molar-refractivity contribution in [2.45, 2.75) is 26.2 Å². The Bertz CT molecular complexity index is 685. The Morgan fingerprint density at radius 1 is 1.12 bits per heavy atom. The molecule has 5 nitrogen and oxygen atoms in total. The zero-order valence-electron chi connectivity index (χ0n) is 13.4. The first-order valence-corrected chi connectivity index (χ1v) is 8.21. The number of hydrazine groups is 1. The van der Waals surface area contributed by atoms with E-state index in [1.165, 1.54) is 12.1 Å². The lowest BCUT2D eigenvalue weighted by molar-refractivity contribution is 0.0916. The summed E-state index contributed by atoms with van der Waals surface area (Å²) in [4.78, 5) is 12.0. The van der Waals surface area contributed by atoms with Gasteiger partial charge >= 0.3 is 5.91 Å². The number of nitrogens with one attached hydrogen (secondary N) is 3. The maximum atomic E-state index is 12.9. The Morgan fingerprint density at radius 3 is 2.58 bits per heavy atom. The third-order valence-corrected chi connectivity index (χ3v) is 3.56.